The molecule has 5 nitrogen and oxygen atoms in total. The number of hydrogen-bond acceptors (Lipinski definition) is 6. The van der Waals surface area contributed by atoms with Crippen molar-refractivity contribution in [1.82, 2.24) is 9.55 Å². The van der Waals surface area contributed by atoms with E-state index in [-0.39, 0.29) is 10.8 Å². The normalized spacial score (nSPS) is 14.9. The molecule has 2 heterocycles. The molecule has 0 saturated heterocycles. The number of nitrogens with zero attached hydrogens (tertiary/aromatic N) is 3. The zero-order valence-electron chi connectivity index (χ0n) is 15.9. The van der Waals surface area contributed by atoms with Crippen LogP contribution in [0.1, 0.15) is 36.6 Å². The molecule has 0 fully saturated rings. The number of thioether (sulfide) groups is 1. The van der Waals surface area contributed by atoms with Crippen molar-refractivity contribution in [2.75, 3.05) is 7.11 Å². The Morgan fingerprint density at radius 2 is 2.14 bits per heavy atom. The van der Waals surface area contributed by atoms with Gasteiger partial charge >= 0.3 is 0 Å². The molecule has 0 aliphatic heterocycles. The van der Waals surface area contributed by atoms with Crippen LogP contribution in [0.5, 0.6) is 5.75 Å². The third kappa shape index (κ3) is 3.43. The van der Waals surface area contributed by atoms with E-state index in [0.717, 1.165) is 35.9 Å². The van der Waals surface area contributed by atoms with Crippen LogP contribution in [-0.4, -0.2) is 21.9 Å². The Balaban J connectivity index is 2.00. The van der Waals surface area contributed by atoms with Gasteiger partial charge in [0.15, 0.2) is 5.16 Å². The van der Waals surface area contributed by atoms with Gasteiger partial charge < -0.3 is 4.74 Å². The third-order valence-electron chi connectivity index (χ3n) is 4.98. The number of aromatic nitrogens is 2. The van der Waals surface area contributed by atoms with Crippen LogP contribution in [0.25, 0.3) is 15.9 Å². The Kier molecular flexibility index (Phi) is 5.42. The highest BCUT2D eigenvalue weighted by Crippen LogP contribution is 2.35. The number of nitriles is 1. The lowest BCUT2D eigenvalue weighted by Gasteiger charge is -2.14. The second-order valence-electron chi connectivity index (χ2n) is 6.87. The standard InChI is InChI=1S/C21H21N3O2S2/c1-13(12-22)27-21-23-19-18(16-9-4-3-5-10-17(16)28-19)20(25)24(21)14-7-6-8-15(11-14)26-2/h6-8,11,13H,3-5,9-10H2,1-2H3/t13-/m0/s1. The van der Waals surface area contributed by atoms with Gasteiger partial charge in [-0.15, -0.1) is 11.3 Å². The molecule has 7 heteroatoms. The minimum absolute atomic E-state index is 0.0507. The van der Waals surface area contributed by atoms with Gasteiger partial charge in [0, 0.05) is 10.9 Å². The van der Waals surface area contributed by atoms with Crippen molar-refractivity contribution in [3.05, 3.63) is 45.1 Å². The molecule has 0 bridgehead atoms. The predicted molar refractivity (Wildman–Crippen MR) is 114 cm³/mol. The lowest BCUT2D eigenvalue weighted by Crippen LogP contribution is -2.22. The van der Waals surface area contributed by atoms with Crippen molar-refractivity contribution < 1.29 is 4.74 Å². The third-order valence-corrected chi connectivity index (χ3v) is 7.11. The van der Waals surface area contributed by atoms with Gasteiger partial charge in [0.2, 0.25) is 0 Å². The molecular weight excluding hydrogens is 390 g/mol. The second-order valence-corrected chi connectivity index (χ2v) is 9.26. The molecule has 0 radical (unpaired) electrons. The number of ether oxygens (including phenoxy) is 1. The fraction of sp³-hybridized carbons (Fsp3) is 0.381. The first-order chi connectivity index (χ1) is 13.6. The Labute approximate surface area is 172 Å². The number of hydrogen-bond donors (Lipinski definition) is 0. The first-order valence-corrected chi connectivity index (χ1v) is 11.1. The highest BCUT2D eigenvalue weighted by Gasteiger charge is 2.23. The Bertz CT molecular complexity index is 1130. The molecule has 0 N–H and O–H groups in total. The number of aryl methyl sites for hydroxylation is 2. The largest absolute Gasteiger partial charge is 0.497 e. The summed E-state index contributed by atoms with van der Waals surface area (Å²) in [7, 11) is 1.61. The van der Waals surface area contributed by atoms with Crippen LogP contribution in [0.3, 0.4) is 0 Å². The maximum Gasteiger partial charge on any atom is 0.267 e. The average Bonchev–Trinajstić information content (AvgIpc) is 2.89. The SMILES string of the molecule is COc1cccc(-n2c(S[C@@H](C)C#N)nc3sc4c(c3c2=O)CCCCC4)c1. The van der Waals surface area contributed by atoms with E-state index in [4.69, 9.17) is 9.72 Å². The van der Waals surface area contributed by atoms with Gasteiger partial charge in [-0.3, -0.25) is 9.36 Å². The van der Waals surface area contributed by atoms with Crippen LogP contribution >= 0.6 is 23.1 Å². The van der Waals surface area contributed by atoms with E-state index in [0.29, 0.717) is 16.6 Å². The number of benzene rings is 1. The summed E-state index contributed by atoms with van der Waals surface area (Å²) in [6, 6.07) is 9.65. The van der Waals surface area contributed by atoms with E-state index in [1.54, 1.807) is 23.0 Å². The second kappa shape index (κ2) is 7.98. The topological polar surface area (TPSA) is 67.9 Å². The summed E-state index contributed by atoms with van der Waals surface area (Å²) < 4.78 is 6.99. The Hall–Kier alpha value is -2.30. The molecule has 1 aliphatic carbocycles. The zero-order valence-corrected chi connectivity index (χ0v) is 17.5. The van der Waals surface area contributed by atoms with E-state index in [1.165, 1.54) is 28.6 Å². The van der Waals surface area contributed by atoms with Gasteiger partial charge in [0.25, 0.3) is 5.56 Å². The van der Waals surface area contributed by atoms with Gasteiger partial charge in [0.05, 0.1) is 29.5 Å². The summed E-state index contributed by atoms with van der Waals surface area (Å²) in [6.45, 7) is 1.82. The van der Waals surface area contributed by atoms with Gasteiger partial charge in [-0.05, 0) is 50.3 Å². The first-order valence-electron chi connectivity index (χ1n) is 9.40. The summed E-state index contributed by atoms with van der Waals surface area (Å²) in [5.74, 6) is 0.679. The van der Waals surface area contributed by atoms with Gasteiger partial charge in [-0.1, -0.05) is 24.2 Å². The van der Waals surface area contributed by atoms with E-state index in [1.807, 2.05) is 31.2 Å². The Morgan fingerprint density at radius 3 is 2.93 bits per heavy atom. The maximum absolute atomic E-state index is 13.7. The molecule has 144 valence electrons. The lowest BCUT2D eigenvalue weighted by atomic mass is 10.1. The molecule has 1 aliphatic rings. The quantitative estimate of drug-likeness (QED) is 0.353. The monoisotopic (exact) mass is 411 g/mol. The van der Waals surface area contributed by atoms with Crippen LogP contribution in [0.4, 0.5) is 0 Å². The van der Waals surface area contributed by atoms with Crippen molar-refractivity contribution in [2.45, 2.75) is 49.4 Å². The summed E-state index contributed by atoms with van der Waals surface area (Å²) in [5, 5.41) is 10.3. The zero-order chi connectivity index (χ0) is 19.7. The molecule has 28 heavy (non-hydrogen) atoms. The van der Waals surface area contributed by atoms with Crippen molar-refractivity contribution in [2.24, 2.45) is 0 Å². The summed E-state index contributed by atoms with van der Waals surface area (Å²) in [5.41, 5.74) is 1.83. The van der Waals surface area contributed by atoms with Crippen molar-refractivity contribution in [3.8, 4) is 17.5 Å². The Morgan fingerprint density at radius 1 is 1.32 bits per heavy atom. The van der Waals surface area contributed by atoms with Gasteiger partial charge in [-0.2, -0.15) is 5.26 Å². The predicted octanol–water partition coefficient (Wildman–Crippen LogP) is 4.73. The van der Waals surface area contributed by atoms with E-state index in [9.17, 15) is 10.1 Å². The van der Waals surface area contributed by atoms with Crippen LogP contribution in [0, 0.1) is 11.3 Å². The van der Waals surface area contributed by atoms with Crippen LogP contribution in [0.15, 0.2) is 34.2 Å². The lowest BCUT2D eigenvalue weighted by molar-refractivity contribution is 0.414. The molecule has 4 rings (SSSR count). The first kappa shape index (κ1) is 19.0. The highest BCUT2D eigenvalue weighted by molar-refractivity contribution is 8.00. The summed E-state index contributed by atoms with van der Waals surface area (Å²) in [6.07, 6.45) is 5.43. The number of rotatable bonds is 4. The van der Waals surface area contributed by atoms with Crippen molar-refractivity contribution in [1.29, 1.82) is 5.26 Å². The minimum atomic E-state index is -0.306. The number of methoxy groups -OCH3 is 1. The minimum Gasteiger partial charge on any atom is -0.497 e. The van der Waals surface area contributed by atoms with Gasteiger partial charge in [0.1, 0.15) is 10.6 Å². The van der Waals surface area contributed by atoms with Gasteiger partial charge in [-0.25, -0.2) is 4.98 Å². The van der Waals surface area contributed by atoms with Crippen LogP contribution in [0.2, 0.25) is 0 Å². The molecule has 0 saturated carbocycles. The summed E-state index contributed by atoms with van der Waals surface area (Å²) >= 11 is 2.96. The van der Waals surface area contributed by atoms with Crippen LogP contribution in [-0.2, 0) is 12.8 Å². The highest BCUT2D eigenvalue weighted by atomic mass is 32.2. The van der Waals surface area contributed by atoms with Crippen molar-refractivity contribution in [3.63, 3.8) is 0 Å². The van der Waals surface area contributed by atoms with E-state index >= 15 is 0 Å². The van der Waals surface area contributed by atoms with E-state index in [2.05, 4.69) is 6.07 Å². The smallest absolute Gasteiger partial charge is 0.267 e. The molecule has 3 aromatic rings. The molecule has 0 unspecified atom stereocenters. The molecule has 0 amide bonds. The average molecular weight is 412 g/mol. The van der Waals surface area contributed by atoms with E-state index < -0.39 is 0 Å². The van der Waals surface area contributed by atoms with Crippen LogP contribution < -0.4 is 10.3 Å². The molecule has 1 aromatic carbocycles. The number of thiophene rings is 1. The maximum atomic E-state index is 13.7. The summed E-state index contributed by atoms with van der Waals surface area (Å²) in [4.78, 5) is 20.6. The molecule has 0 spiro atoms. The molecule has 2 aromatic heterocycles. The molecular formula is C21H21N3O2S2. The van der Waals surface area contributed by atoms with Crippen molar-refractivity contribution >= 4 is 33.3 Å². The fourth-order valence-corrected chi connectivity index (χ4v) is 5.72. The fourth-order valence-electron chi connectivity index (χ4n) is 3.60. The molecule has 1 atom stereocenters. The number of fused-ring (bicyclic) bond motifs is 3.